The molecule has 3 rings (SSSR count). The molecule has 2 unspecified atom stereocenters. The van der Waals surface area contributed by atoms with Crippen LogP contribution in [0.5, 0.6) is 0 Å². The molecule has 3 aromatic rings. The second-order valence-corrected chi connectivity index (χ2v) is 7.46. The Morgan fingerprint density at radius 2 is 1.50 bits per heavy atom. The number of rotatable bonds is 5. The molecule has 122 valence electrons. The Kier molecular flexibility index (Phi) is 5.12. The van der Waals surface area contributed by atoms with E-state index in [1.54, 1.807) is 24.5 Å². The molecule has 0 spiro atoms. The van der Waals surface area contributed by atoms with Gasteiger partial charge in [-0.1, -0.05) is 48.5 Å². The minimum Gasteiger partial charge on any atom is -0.269 e. The standard InChI is InChI=1S/C17H15N3O2S2/c1-23(21)16-12-15(13-8-4-2-5-9-13)18-17(19-16)20-24(22)14-10-6-3-7-11-14/h2-12H,1H3,(H,18,19,20). The summed E-state index contributed by atoms with van der Waals surface area (Å²) in [6.45, 7) is 0. The summed E-state index contributed by atoms with van der Waals surface area (Å²) in [6.07, 6.45) is 1.55. The third kappa shape index (κ3) is 3.93. The molecule has 0 radical (unpaired) electrons. The summed E-state index contributed by atoms with van der Waals surface area (Å²) in [4.78, 5) is 9.23. The molecular formula is C17H15N3O2S2. The van der Waals surface area contributed by atoms with Crippen molar-refractivity contribution in [2.24, 2.45) is 0 Å². The van der Waals surface area contributed by atoms with Gasteiger partial charge in [0.2, 0.25) is 5.95 Å². The number of aromatic nitrogens is 2. The maximum absolute atomic E-state index is 12.4. The molecule has 0 amide bonds. The third-order valence-corrected chi connectivity index (χ3v) is 5.07. The van der Waals surface area contributed by atoms with Crippen LogP contribution in [-0.2, 0) is 21.8 Å². The van der Waals surface area contributed by atoms with Crippen molar-refractivity contribution in [1.82, 2.24) is 9.97 Å². The Labute approximate surface area is 145 Å². The van der Waals surface area contributed by atoms with Crippen molar-refractivity contribution in [3.8, 4) is 11.3 Å². The molecule has 5 nitrogen and oxygen atoms in total. The van der Waals surface area contributed by atoms with Crippen molar-refractivity contribution < 1.29 is 8.42 Å². The molecule has 0 aliphatic rings. The zero-order valence-corrected chi connectivity index (χ0v) is 14.5. The van der Waals surface area contributed by atoms with Crippen LogP contribution in [0.4, 0.5) is 5.95 Å². The van der Waals surface area contributed by atoms with E-state index in [0.717, 1.165) is 5.56 Å². The van der Waals surface area contributed by atoms with E-state index in [-0.39, 0.29) is 5.95 Å². The summed E-state index contributed by atoms with van der Waals surface area (Å²) in [5.74, 6) is 0.184. The topological polar surface area (TPSA) is 72.0 Å². The molecule has 2 aromatic carbocycles. The molecule has 0 saturated carbocycles. The lowest BCUT2D eigenvalue weighted by Gasteiger charge is -2.08. The predicted molar refractivity (Wildman–Crippen MR) is 96.3 cm³/mol. The van der Waals surface area contributed by atoms with Crippen LogP contribution in [-0.4, -0.2) is 24.6 Å². The first-order chi connectivity index (χ1) is 11.6. The van der Waals surface area contributed by atoms with E-state index in [1.807, 2.05) is 48.5 Å². The van der Waals surface area contributed by atoms with Gasteiger partial charge in [-0.2, -0.15) is 0 Å². The van der Waals surface area contributed by atoms with Crippen molar-refractivity contribution in [1.29, 1.82) is 0 Å². The first-order valence-corrected chi connectivity index (χ1v) is 9.86. The van der Waals surface area contributed by atoms with Crippen LogP contribution in [0.15, 0.2) is 76.7 Å². The Hall–Kier alpha value is -2.38. The lowest BCUT2D eigenvalue weighted by atomic mass is 10.1. The normalized spacial score (nSPS) is 13.2. The number of hydrogen-bond acceptors (Lipinski definition) is 4. The molecule has 2 atom stereocenters. The average Bonchev–Trinajstić information content (AvgIpc) is 2.63. The number of hydrogen-bond donors (Lipinski definition) is 1. The van der Waals surface area contributed by atoms with E-state index in [4.69, 9.17) is 0 Å². The largest absolute Gasteiger partial charge is 0.269 e. The van der Waals surface area contributed by atoms with Crippen LogP contribution < -0.4 is 4.72 Å². The lowest BCUT2D eigenvalue weighted by molar-refractivity contribution is 0.682. The van der Waals surface area contributed by atoms with Gasteiger partial charge in [0.25, 0.3) is 0 Å². The fourth-order valence-electron chi connectivity index (χ4n) is 2.06. The molecule has 0 aliphatic carbocycles. The smallest absolute Gasteiger partial charge is 0.236 e. The number of anilines is 1. The highest BCUT2D eigenvalue weighted by Crippen LogP contribution is 2.21. The van der Waals surface area contributed by atoms with Gasteiger partial charge in [-0.15, -0.1) is 0 Å². The summed E-state index contributed by atoms with van der Waals surface area (Å²) in [6, 6.07) is 20.2. The second-order valence-electron chi connectivity index (χ2n) is 4.92. The summed E-state index contributed by atoms with van der Waals surface area (Å²) in [7, 11) is -2.77. The summed E-state index contributed by atoms with van der Waals surface area (Å²) < 4.78 is 27.0. The van der Waals surface area contributed by atoms with Crippen LogP contribution in [0.25, 0.3) is 11.3 Å². The van der Waals surface area contributed by atoms with Gasteiger partial charge in [-0.25, -0.2) is 14.2 Å². The van der Waals surface area contributed by atoms with Crippen molar-refractivity contribution in [3.05, 3.63) is 66.7 Å². The van der Waals surface area contributed by atoms with Crippen molar-refractivity contribution >= 4 is 27.7 Å². The Morgan fingerprint density at radius 3 is 2.12 bits per heavy atom. The number of benzene rings is 2. The Morgan fingerprint density at radius 1 is 0.875 bits per heavy atom. The highest BCUT2D eigenvalue weighted by Gasteiger charge is 2.11. The Balaban J connectivity index is 1.97. The fourth-order valence-corrected chi connectivity index (χ4v) is 3.33. The van der Waals surface area contributed by atoms with Gasteiger partial charge in [0, 0.05) is 11.8 Å². The molecular weight excluding hydrogens is 342 g/mol. The first kappa shape index (κ1) is 16.5. The molecule has 0 saturated heterocycles. The SMILES string of the molecule is CS(=O)c1cc(-c2ccccc2)nc(NS(=O)c2ccccc2)n1. The zero-order chi connectivity index (χ0) is 16.9. The van der Waals surface area contributed by atoms with Gasteiger partial charge in [-0.05, 0) is 18.2 Å². The quantitative estimate of drug-likeness (QED) is 0.713. The number of nitrogens with one attached hydrogen (secondary N) is 1. The molecule has 24 heavy (non-hydrogen) atoms. The van der Waals surface area contributed by atoms with Crippen LogP contribution in [0.1, 0.15) is 0 Å². The molecule has 1 N–H and O–H groups in total. The maximum Gasteiger partial charge on any atom is 0.236 e. The fraction of sp³-hybridized carbons (Fsp3) is 0.0588. The van der Waals surface area contributed by atoms with E-state index in [1.165, 1.54) is 0 Å². The summed E-state index contributed by atoms with van der Waals surface area (Å²) >= 11 is 0. The summed E-state index contributed by atoms with van der Waals surface area (Å²) in [5, 5.41) is 0.386. The van der Waals surface area contributed by atoms with Crippen LogP contribution in [0.2, 0.25) is 0 Å². The monoisotopic (exact) mass is 357 g/mol. The van der Waals surface area contributed by atoms with Crippen molar-refractivity contribution in [2.75, 3.05) is 11.0 Å². The zero-order valence-electron chi connectivity index (χ0n) is 12.9. The molecule has 0 bridgehead atoms. The van der Waals surface area contributed by atoms with Crippen LogP contribution in [0.3, 0.4) is 0 Å². The van der Waals surface area contributed by atoms with Gasteiger partial charge in [-0.3, -0.25) is 8.93 Å². The minimum absolute atomic E-state index is 0.184. The van der Waals surface area contributed by atoms with Crippen LogP contribution in [0, 0.1) is 0 Å². The molecule has 0 aliphatic heterocycles. The van der Waals surface area contributed by atoms with E-state index in [2.05, 4.69) is 14.7 Å². The minimum atomic E-state index is -1.49. The highest BCUT2D eigenvalue weighted by molar-refractivity contribution is 7.86. The average molecular weight is 357 g/mol. The molecule has 1 heterocycles. The van der Waals surface area contributed by atoms with Gasteiger partial charge in [0.05, 0.1) is 21.4 Å². The Bertz CT molecular complexity index is 887. The van der Waals surface area contributed by atoms with E-state index in [0.29, 0.717) is 15.6 Å². The molecule has 0 fully saturated rings. The maximum atomic E-state index is 12.4. The van der Waals surface area contributed by atoms with E-state index in [9.17, 15) is 8.42 Å². The highest BCUT2D eigenvalue weighted by atomic mass is 32.2. The van der Waals surface area contributed by atoms with Crippen LogP contribution >= 0.6 is 0 Å². The number of nitrogens with zero attached hydrogens (tertiary/aromatic N) is 2. The van der Waals surface area contributed by atoms with Gasteiger partial charge >= 0.3 is 0 Å². The molecule has 7 heteroatoms. The van der Waals surface area contributed by atoms with Crippen molar-refractivity contribution in [3.63, 3.8) is 0 Å². The van der Waals surface area contributed by atoms with Gasteiger partial charge in [0.15, 0.2) is 11.0 Å². The van der Waals surface area contributed by atoms with Crippen molar-refractivity contribution in [2.45, 2.75) is 9.92 Å². The van der Waals surface area contributed by atoms with Gasteiger partial charge < -0.3 is 0 Å². The van der Waals surface area contributed by atoms with E-state index >= 15 is 0 Å². The second kappa shape index (κ2) is 7.46. The third-order valence-electron chi connectivity index (χ3n) is 3.21. The first-order valence-electron chi connectivity index (χ1n) is 7.15. The predicted octanol–water partition coefficient (Wildman–Crippen LogP) is 3.02. The van der Waals surface area contributed by atoms with Gasteiger partial charge in [0.1, 0.15) is 5.03 Å². The van der Waals surface area contributed by atoms with E-state index < -0.39 is 21.8 Å². The molecule has 1 aromatic heterocycles. The lowest BCUT2D eigenvalue weighted by Crippen LogP contribution is -2.10. The summed E-state index contributed by atoms with van der Waals surface area (Å²) in [5.41, 5.74) is 1.50.